The number of carbonyl (C=O) groups is 2. The Balaban J connectivity index is -0.0000000429. The molecule has 2 atom stereocenters. The summed E-state index contributed by atoms with van der Waals surface area (Å²) in [6.07, 6.45) is -4.53. The van der Waals surface area contributed by atoms with Gasteiger partial charge in [-0.2, -0.15) is 0 Å². The Labute approximate surface area is 222 Å². The number of aliphatic hydroxyl groups is 2. The van der Waals surface area contributed by atoms with E-state index in [4.69, 9.17) is 73.0 Å². The predicted octanol–water partition coefficient (Wildman–Crippen LogP) is -6.96. The summed E-state index contributed by atoms with van der Waals surface area (Å²) >= 11 is 0. The van der Waals surface area contributed by atoms with E-state index in [-0.39, 0.29) is 87.2 Å². The van der Waals surface area contributed by atoms with Crippen LogP contribution in [-0.4, -0.2) is 103 Å². The molecule has 0 fully saturated rings. The summed E-state index contributed by atoms with van der Waals surface area (Å²) in [6, 6.07) is 0. The van der Waals surface area contributed by atoms with Crippen LogP contribution in [0.1, 0.15) is 0 Å². The number of aliphatic hydroxyl groups excluding tert-OH is 2. The Morgan fingerprint density at radius 1 is 0.571 bits per heavy atom. The van der Waals surface area contributed by atoms with Crippen LogP contribution in [0, 0.1) is 81.7 Å². The van der Waals surface area contributed by atoms with Crippen LogP contribution in [0.3, 0.4) is 0 Å². The van der Waals surface area contributed by atoms with Gasteiger partial charge in [0.2, 0.25) is 0 Å². The van der Waals surface area contributed by atoms with E-state index < -0.39 is 55.3 Å². The Hall–Kier alpha value is 1.13. The van der Waals surface area contributed by atoms with Crippen LogP contribution in [0.4, 0.5) is 0 Å². The van der Waals surface area contributed by atoms with Gasteiger partial charge in [0.1, 0.15) is 0 Å². The fourth-order valence-corrected chi connectivity index (χ4v) is 0.270. The van der Waals surface area contributed by atoms with Crippen LogP contribution < -0.4 is 0 Å². The maximum absolute atomic E-state index is 9.77. The molecule has 0 bridgehead atoms. The van der Waals surface area contributed by atoms with Crippen molar-refractivity contribution < 1.29 is 170 Å². The molecular weight excluding hydrogens is 737 g/mol. The van der Waals surface area contributed by atoms with E-state index in [0.717, 1.165) is 0 Å². The molecule has 0 aromatic rings. The average Bonchev–Trinajstić information content (AvgIpc) is 2.19. The molecule has 0 aliphatic heterocycles. The van der Waals surface area contributed by atoms with Gasteiger partial charge in [-0.25, -0.2) is 9.59 Å². The van der Waals surface area contributed by atoms with E-state index in [1.807, 2.05) is 0 Å². The maximum Gasteiger partial charge on any atom is 3.00 e. The van der Waals surface area contributed by atoms with Crippen molar-refractivity contribution in [2.24, 2.45) is 0 Å². The minimum Gasteiger partial charge on any atom is -0.759 e. The molecule has 0 aromatic heterocycles. The Morgan fingerprint density at radius 3 is 0.679 bits per heavy atom. The molecule has 24 heteroatoms. The Bertz CT molecular complexity index is 593. The summed E-state index contributed by atoms with van der Waals surface area (Å²) in [4.78, 5) is 19.5. The standard InChI is InChI=1S/C4H6O6.2Nd.3H2O4S.H2O/c5-1(3(7)8)2(6)4(9)10;;;3*1-5(2,3)4;/h1-2,5-6H,(H,7,8)(H,9,10);;;3*(H2,1,2,3,4);1H2/q;2*+3;;;;/p-6. The molecule has 0 amide bonds. The fraction of sp³-hybridized carbons (Fsp3) is 0.500. The largest absolute Gasteiger partial charge is 3.00 e. The first kappa shape index (κ1) is 47.1. The van der Waals surface area contributed by atoms with Gasteiger partial charge in [0, 0.05) is 31.2 Å². The zero-order chi connectivity index (χ0) is 21.8. The van der Waals surface area contributed by atoms with Crippen molar-refractivity contribution in [3.63, 3.8) is 0 Å². The van der Waals surface area contributed by atoms with Crippen LogP contribution in [0.5, 0.6) is 0 Å². The van der Waals surface area contributed by atoms with Crippen molar-refractivity contribution >= 4 is 43.1 Å². The van der Waals surface area contributed by atoms with Crippen molar-refractivity contribution in [3.05, 3.63) is 0 Å². The van der Waals surface area contributed by atoms with E-state index in [1.165, 1.54) is 0 Å². The predicted molar refractivity (Wildman–Crippen MR) is 62.3 cm³/mol. The Morgan fingerprint density at radius 2 is 0.643 bits per heavy atom. The topological polar surface area (TPSA) is 387 Å². The van der Waals surface area contributed by atoms with Gasteiger partial charge in [-0.3, -0.25) is 25.3 Å². The van der Waals surface area contributed by atoms with Gasteiger partial charge in [-0.1, -0.05) is 0 Å². The second-order valence-corrected chi connectivity index (χ2v) is 5.24. The summed E-state index contributed by atoms with van der Waals surface area (Å²) in [5, 5.41) is 32.5. The number of aliphatic carboxylic acids is 2. The smallest absolute Gasteiger partial charge is 0.759 e. The van der Waals surface area contributed by atoms with Crippen molar-refractivity contribution in [1.82, 2.24) is 0 Å². The first-order chi connectivity index (χ1) is 10.5. The van der Waals surface area contributed by atoms with E-state index in [9.17, 15) is 9.59 Å². The molecule has 0 aromatic carbocycles. The third-order valence-corrected chi connectivity index (χ3v) is 0.805. The number of carboxylic acids is 2. The quantitative estimate of drug-likeness (QED) is 0.154. The second kappa shape index (κ2) is 21.4. The van der Waals surface area contributed by atoms with Crippen LogP contribution in [0.15, 0.2) is 0 Å². The second-order valence-electron chi connectivity index (χ2n) is 2.79. The third kappa shape index (κ3) is 107. The summed E-state index contributed by atoms with van der Waals surface area (Å²) in [6.45, 7) is 0. The van der Waals surface area contributed by atoms with Crippen LogP contribution in [0.25, 0.3) is 0 Å². The summed E-state index contributed by atoms with van der Waals surface area (Å²) in [7, 11) is -15.5. The Kier molecular flexibility index (Phi) is 35.9. The van der Waals surface area contributed by atoms with Crippen LogP contribution >= 0.6 is 0 Å². The molecule has 2 unspecified atom stereocenters. The summed E-state index contributed by atoms with van der Waals surface area (Å²) in [5.41, 5.74) is 0. The van der Waals surface area contributed by atoms with Crippen molar-refractivity contribution in [2.75, 3.05) is 0 Å². The summed E-state index contributed by atoms with van der Waals surface area (Å²) in [5.74, 6) is -3.54. The van der Waals surface area contributed by atoms with E-state index in [0.29, 0.717) is 0 Å². The number of carboxylic acid groups (broad SMARTS) is 2. The molecule has 0 rings (SSSR count). The van der Waals surface area contributed by atoms with Crippen molar-refractivity contribution in [1.29, 1.82) is 0 Å². The van der Waals surface area contributed by atoms with Gasteiger partial charge in [-0.15, -0.1) is 0 Å². The average molecular weight is 745 g/mol. The molecule has 0 heterocycles. The molecular formula is C4H8Nd2O19S3. The van der Waals surface area contributed by atoms with Crippen LogP contribution in [0.2, 0.25) is 0 Å². The fourth-order valence-electron chi connectivity index (χ4n) is 0.270. The molecule has 0 aliphatic rings. The number of hydrogen-bond acceptors (Lipinski definition) is 16. The first-order valence-corrected chi connectivity index (χ1v) is 8.28. The SMILES string of the molecule is O.O=C(O)C(O)C(O)C(=O)O.O=S(=O)([O-])[O-].O=S(=O)([O-])[O-].O=S(=O)([O-])[O-].[Nd+3].[Nd+3]. The molecule has 6 N–H and O–H groups in total. The molecule has 19 nitrogen and oxygen atoms in total. The molecule has 0 aliphatic carbocycles. The molecule has 0 spiro atoms. The summed E-state index contributed by atoms with van der Waals surface area (Å²) < 4.78 is 102. The van der Waals surface area contributed by atoms with Crippen molar-refractivity contribution in [3.8, 4) is 0 Å². The molecule has 2 radical (unpaired) electrons. The number of rotatable bonds is 3. The van der Waals surface area contributed by atoms with Gasteiger partial charge >= 0.3 is 93.6 Å². The first-order valence-electron chi connectivity index (χ1n) is 4.28. The van der Waals surface area contributed by atoms with Gasteiger partial charge < -0.3 is 53.2 Å². The molecule has 28 heavy (non-hydrogen) atoms. The zero-order valence-corrected chi connectivity index (χ0v) is 21.2. The normalized spacial score (nSPS) is 11.9. The zero-order valence-electron chi connectivity index (χ0n) is 12.4. The minimum atomic E-state index is -5.17. The van der Waals surface area contributed by atoms with Gasteiger partial charge in [0.15, 0.2) is 12.2 Å². The molecule has 0 saturated carbocycles. The number of hydrogen-bond donors (Lipinski definition) is 4. The molecule has 164 valence electrons. The molecule has 0 saturated heterocycles. The maximum atomic E-state index is 9.77. The minimum absolute atomic E-state index is 0. The van der Waals surface area contributed by atoms with E-state index in [1.54, 1.807) is 0 Å². The van der Waals surface area contributed by atoms with Gasteiger partial charge in [0.05, 0.1) is 0 Å². The van der Waals surface area contributed by atoms with Gasteiger partial charge in [0.25, 0.3) is 0 Å². The van der Waals surface area contributed by atoms with E-state index >= 15 is 0 Å². The van der Waals surface area contributed by atoms with E-state index in [2.05, 4.69) is 0 Å². The van der Waals surface area contributed by atoms with Crippen LogP contribution in [-0.2, 0) is 40.8 Å². The van der Waals surface area contributed by atoms with Gasteiger partial charge in [-0.05, 0) is 0 Å². The monoisotopic (exact) mass is 740 g/mol. The third-order valence-electron chi connectivity index (χ3n) is 0.805. The van der Waals surface area contributed by atoms with Crippen molar-refractivity contribution in [2.45, 2.75) is 12.2 Å².